The molecule has 0 unspecified atom stereocenters. The van der Waals surface area contributed by atoms with E-state index in [-0.39, 0.29) is 30.0 Å². The molecule has 0 radical (unpaired) electrons. The van der Waals surface area contributed by atoms with Gasteiger partial charge in [-0.25, -0.2) is 15.0 Å². The molecule has 11 heteroatoms. The van der Waals surface area contributed by atoms with Crippen LogP contribution in [0.3, 0.4) is 0 Å². The number of aliphatic hydroxyl groups excluding tert-OH is 1. The summed E-state index contributed by atoms with van der Waals surface area (Å²) in [6, 6.07) is 25.2. The number of ether oxygens (including phenoxy) is 4. The van der Waals surface area contributed by atoms with Crippen LogP contribution in [0.5, 0.6) is 11.5 Å². The summed E-state index contributed by atoms with van der Waals surface area (Å²) < 4.78 is 25.4. The zero-order valence-corrected chi connectivity index (χ0v) is 23.7. The molecule has 6 rings (SSSR count). The second kappa shape index (κ2) is 11.8. The van der Waals surface area contributed by atoms with Gasteiger partial charge in [-0.1, -0.05) is 54.6 Å². The molecule has 3 heterocycles. The van der Waals surface area contributed by atoms with Gasteiger partial charge >= 0.3 is 0 Å². The highest BCUT2D eigenvalue weighted by Crippen LogP contribution is 2.42. The predicted octanol–water partition coefficient (Wildman–Crippen LogP) is 3.44. The van der Waals surface area contributed by atoms with E-state index in [0.29, 0.717) is 11.5 Å². The molecule has 1 saturated heterocycles. The van der Waals surface area contributed by atoms with E-state index in [9.17, 15) is 9.90 Å². The Kier molecular flexibility index (Phi) is 7.76. The maximum absolute atomic E-state index is 12.9. The maximum Gasteiger partial charge on any atom is 0.272 e. The van der Waals surface area contributed by atoms with Gasteiger partial charge in [-0.3, -0.25) is 9.36 Å². The van der Waals surface area contributed by atoms with E-state index < -0.39 is 29.6 Å². The zero-order valence-electron chi connectivity index (χ0n) is 23.7. The van der Waals surface area contributed by atoms with Crippen molar-refractivity contribution in [2.45, 2.75) is 30.5 Å². The minimum Gasteiger partial charge on any atom is -0.497 e. The Morgan fingerprint density at radius 3 is 2.12 bits per heavy atom. The Bertz CT molecular complexity index is 1710. The Labute approximate surface area is 247 Å². The summed E-state index contributed by atoms with van der Waals surface area (Å²) in [5.74, 6) is 1.55. The van der Waals surface area contributed by atoms with Gasteiger partial charge in [-0.2, -0.15) is 0 Å². The first-order valence-corrected chi connectivity index (χ1v) is 13.7. The lowest BCUT2D eigenvalue weighted by atomic mass is 9.80. The van der Waals surface area contributed by atoms with E-state index in [1.54, 1.807) is 14.2 Å². The minimum atomic E-state index is -1.09. The van der Waals surface area contributed by atoms with Gasteiger partial charge in [0.15, 0.2) is 11.5 Å². The van der Waals surface area contributed by atoms with Gasteiger partial charge in [-0.05, 0) is 41.0 Å². The minimum absolute atomic E-state index is 0.000487. The highest BCUT2D eigenvalue weighted by atomic mass is 16.6. The summed E-state index contributed by atoms with van der Waals surface area (Å²) in [6.45, 7) is -0.000487. The molecule has 3 N–H and O–H groups in total. The molecule has 0 aliphatic carbocycles. The van der Waals surface area contributed by atoms with Crippen molar-refractivity contribution in [3.8, 4) is 11.5 Å². The fourth-order valence-electron chi connectivity index (χ4n) is 5.55. The van der Waals surface area contributed by atoms with Gasteiger partial charge in [0.05, 0.1) is 33.1 Å². The molecular formula is C32H31N5O6. The fraction of sp³-hybridized carbons (Fsp3) is 0.250. The quantitative estimate of drug-likeness (QED) is 0.248. The van der Waals surface area contributed by atoms with Gasteiger partial charge in [0.2, 0.25) is 0 Å². The monoisotopic (exact) mass is 581 g/mol. The molecular weight excluding hydrogens is 550 g/mol. The normalized spacial score (nSPS) is 18.5. The predicted molar refractivity (Wildman–Crippen MR) is 159 cm³/mol. The average Bonchev–Trinajstić information content (AvgIpc) is 3.41. The van der Waals surface area contributed by atoms with Crippen LogP contribution in [0.4, 0.5) is 5.82 Å². The number of aliphatic hydroxyl groups is 1. The molecule has 5 aromatic rings. The lowest BCUT2D eigenvalue weighted by molar-refractivity contribution is -0.0935. The molecule has 0 bridgehead atoms. The van der Waals surface area contributed by atoms with E-state index in [1.807, 2.05) is 78.9 Å². The third-order valence-corrected chi connectivity index (χ3v) is 7.73. The third-order valence-electron chi connectivity index (χ3n) is 7.73. The van der Waals surface area contributed by atoms with Crippen LogP contribution in [-0.2, 0) is 15.1 Å². The van der Waals surface area contributed by atoms with Crippen LogP contribution in [-0.4, -0.2) is 57.7 Å². The topological polar surface area (TPSA) is 144 Å². The van der Waals surface area contributed by atoms with Crippen LogP contribution in [0, 0.1) is 0 Å². The van der Waals surface area contributed by atoms with Gasteiger partial charge in [0.1, 0.15) is 41.3 Å². The molecule has 1 aliphatic rings. The summed E-state index contributed by atoms with van der Waals surface area (Å²) in [5, 5.41) is 11.2. The van der Waals surface area contributed by atoms with Gasteiger partial charge in [0.25, 0.3) is 5.56 Å². The smallest absolute Gasteiger partial charge is 0.272 e. The largest absolute Gasteiger partial charge is 0.497 e. The van der Waals surface area contributed by atoms with Crippen LogP contribution >= 0.6 is 0 Å². The molecule has 11 nitrogen and oxygen atoms in total. The number of nitrogens with two attached hydrogens (primary N) is 1. The molecule has 220 valence electrons. The first kappa shape index (κ1) is 28.3. The standard InChI is InChI=1S/C32H31N5O6/c1-40-23-12-8-21(9-13-23)32(20-6-4-3-5-7-20,22-10-14-24(41-2)15-11-22)42-18-26-25(38)16-28(43-26)37-27(39)17-34-29-30(33)35-19-36-31(29)37/h3-15,17,19,25-26,28,38H,16,18H2,1-2H3,(H2,33,35,36)/t25-,26+,28+/m0/s1. The van der Waals surface area contributed by atoms with Crippen molar-refractivity contribution < 1.29 is 24.1 Å². The number of rotatable bonds is 9. The molecule has 43 heavy (non-hydrogen) atoms. The first-order chi connectivity index (χ1) is 20.9. The van der Waals surface area contributed by atoms with Crippen molar-refractivity contribution in [3.05, 3.63) is 118 Å². The lowest BCUT2D eigenvalue weighted by Crippen LogP contribution is -2.38. The molecule has 2 aromatic heterocycles. The second-order valence-corrected chi connectivity index (χ2v) is 10.1. The molecule has 3 atom stereocenters. The highest BCUT2D eigenvalue weighted by molar-refractivity contribution is 5.80. The number of fused-ring (bicyclic) bond motifs is 1. The van der Waals surface area contributed by atoms with Crippen molar-refractivity contribution in [2.75, 3.05) is 26.6 Å². The third kappa shape index (κ3) is 5.18. The summed E-state index contributed by atoms with van der Waals surface area (Å²) in [6.07, 6.45) is 0.0389. The Morgan fingerprint density at radius 2 is 1.51 bits per heavy atom. The highest BCUT2D eigenvalue weighted by Gasteiger charge is 2.42. The van der Waals surface area contributed by atoms with E-state index in [4.69, 9.17) is 24.7 Å². The van der Waals surface area contributed by atoms with Crippen molar-refractivity contribution >= 4 is 17.0 Å². The number of nitrogens with zero attached hydrogens (tertiary/aromatic N) is 4. The molecule has 1 aliphatic heterocycles. The van der Waals surface area contributed by atoms with Crippen LogP contribution < -0.4 is 20.8 Å². The van der Waals surface area contributed by atoms with E-state index in [2.05, 4.69) is 15.0 Å². The van der Waals surface area contributed by atoms with Crippen molar-refractivity contribution in [1.29, 1.82) is 0 Å². The number of anilines is 1. The van der Waals surface area contributed by atoms with Gasteiger partial charge in [0, 0.05) is 6.42 Å². The van der Waals surface area contributed by atoms with Crippen LogP contribution in [0.15, 0.2) is 96.2 Å². The molecule has 1 fully saturated rings. The van der Waals surface area contributed by atoms with Crippen molar-refractivity contribution in [3.63, 3.8) is 0 Å². The summed E-state index contributed by atoms with van der Waals surface area (Å²) in [7, 11) is 3.23. The average molecular weight is 582 g/mol. The lowest BCUT2D eigenvalue weighted by Gasteiger charge is -2.37. The van der Waals surface area contributed by atoms with Gasteiger partial charge in [-0.15, -0.1) is 0 Å². The maximum atomic E-state index is 12.9. The van der Waals surface area contributed by atoms with E-state index >= 15 is 0 Å². The molecule has 3 aromatic carbocycles. The zero-order chi connectivity index (χ0) is 30.0. The molecule has 0 saturated carbocycles. The molecule has 0 amide bonds. The summed E-state index contributed by atoms with van der Waals surface area (Å²) in [4.78, 5) is 25.2. The Morgan fingerprint density at radius 1 is 0.907 bits per heavy atom. The van der Waals surface area contributed by atoms with Gasteiger partial charge < -0.3 is 29.8 Å². The van der Waals surface area contributed by atoms with Crippen molar-refractivity contribution in [2.24, 2.45) is 0 Å². The van der Waals surface area contributed by atoms with Crippen LogP contribution in [0.1, 0.15) is 29.3 Å². The van der Waals surface area contributed by atoms with E-state index in [0.717, 1.165) is 22.9 Å². The summed E-state index contributed by atoms with van der Waals surface area (Å²) in [5.41, 5.74) is 7.52. The van der Waals surface area contributed by atoms with E-state index in [1.165, 1.54) is 10.9 Å². The first-order valence-electron chi connectivity index (χ1n) is 13.7. The number of benzene rings is 3. The number of hydrogen-bond donors (Lipinski definition) is 2. The van der Waals surface area contributed by atoms with Crippen LogP contribution in [0.2, 0.25) is 0 Å². The summed E-state index contributed by atoms with van der Waals surface area (Å²) >= 11 is 0. The number of aromatic nitrogens is 4. The number of nitrogen functional groups attached to an aromatic ring is 1. The number of methoxy groups -OCH3 is 2. The van der Waals surface area contributed by atoms with Crippen LogP contribution in [0.25, 0.3) is 11.2 Å². The Hall–Kier alpha value is -4.84. The Balaban J connectivity index is 1.39. The SMILES string of the molecule is COc1ccc(C(OC[C@H]2O[C@@H](n3c(=O)cnc4c(N)ncnc43)C[C@@H]2O)(c2ccccc2)c2ccc(OC)cc2)cc1. The van der Waals surface area contributed by atoms with Crippen molar-refractivity contribution in [1.82, 2.24) is 19.5 Å². The fourth-order valence-corrected chi connectivity index (χ4v) is 5.55. The number of hydrogen-bond acceptors (Lipinski definition) is 10. The molecule has 0 spiro atoms. The second-order valence-electron chi connectivity index (χ2n) is 10.1.